The Morgan fingerprint density at radius 3 is 1.82 bits per heavy atom. The number of hydrogen-bond donors (Lipinski definition) is 5. The SMILES string of the molecule is Cc1ccc(CNC(=O)C(CCCN=C(N)NC(=O)NCc2ccccc2)NC(=O)C(c2ccccc2)c2ccccc2)cc1. The first-order chi connectivity index (χ1) is 21.9. The molecule has 0 aliphatic carbocycles. The third kappa shape index (κ3) is 10.7. The van der Waals surface area contributed by atoms with E-state index in [0.29, 0.717) is 25.9 Å². The number of urea groups is 1. The molecule has 6 N–H and O–H groups in total. The smallest absolute Gasteiger partial charge is 0.321 e. The average molecular weight is 605 g/mol. The molecule has 1 atom stereocenters. The molecule has 45 heavy (non-hydrogen) atoms. The van der Waals surface area contributed by atoms with E-state index in [1.807, 2.05) is 122 Å². The molecular formula is C36H40N6O3. The lowest BCUT2D eigenvalue weighted by molar-refractivity contribution is -0.129. The van der Waals surface area contributed by atoms with Crippen LogP contribution in [0.4, 0.5) is 4.79 Å². The van der Waals surface area contributed by atoms with E-state index < -0.39 is 18.0 Å². The maximum Gasteiger partial charge on any atom is 0.321 e. The molecule has 0 aliphatic rings. The van der Waals surface area contributed by atoms with Crippen LogP contribution >= 0.6 is 0 Å². The summed E-state index contributed by atoms with van der Waals surface area (Å²) in [4.78, 5) is 43.7. The first-order valence-corrected chi connectivity index (χ1v) is 15.0. The number of carbonyl (C=O) groups is 3. The van der Waals surface area contributed by atoms with E-state index in [4.69, 9.17) is 5.73 Å². The highest BCUT2D eigenvalue weighted by atomic mass is 16.2. The highest BCUT2D eigenvalue weighted by Gasteiger charge is 2.27. The van der Waals surface area contributed by atoms with Gasteiger partial charge in [-0.2, -0.15) is 0 Å². The van der Waals surface area contributed by atoms with Crippen molar-refractivity contribution in [1.82, 2.24) is 21.3 Å². The standard InChI is InChI=1S/C36H40N6O3/c1-26-19-21-28(22-20-26)24-39-33(43)31(18-11-23-38-35(37)42-36(45)40-25-27-12-5-2-6-13-27)41-34(44)32(29-14-7-3-8-15-29)30-16-9-4-10-17-30/h2-10,12-17,19-22,31-32H,11,18,23-25H2,1H3,(H,39,43)(H,41,44)(H4,37,38,40,42,45). The molecule has 9 nitrogen and oxygen atoms in total. The zero-order chi connectivity index (χ0) is 31.9. The minimum atomic E-state index is -0.809. The summed E-state index contributed by atoms with van der Waals surface area (Å²) < 4.78 is 0. The Bertz CT molecular complexity index is 1510. The summed E-state index contributed by atoms with van der Waals surface area (Å²) in [7, 11) is 0. The van der Waals surface area contributed by atoms with E-state index >= 15 is 0 Å². The van der Waals surface area contributed by atoms with Crippen molar-refractivity contribution in [3.63, 3.8) is 0 Å². The predicted octanol–water partition coefficient (Wildman–Crippen LogP) is 4.52. The number of aliphatic imine (C=N–C) groups is 1. The first kappa shape index (κ1) is 32.5. The van der Waals surface area contributed by atoms with Crippen molar-refractivity contribution in [3.8, 4) is 0 Å². The van der Waals surface area contributed by atoms with E-state index in [9.17, 15) is 14.4 Å². The molecule has 4 rings (SSSR count). The van der Waals surface area contributed by atoms with Gasteiger partial charge in [0.15, 0.2) is 5.96 Å². The Hall–Kier alpha value is -5.44. The Balaban J connectivity index is 1.39. The third-order valence-corrected chi connectivity index (χ3v) is 7.22. The lowest BCUT2D eigenvalue weighted by Gasteiger charge is -2.23. The van der Waals surface area contributed by atoms with Crippen molar-refractivity contribution in [1.29, 1.82) is 0 Å². The second kappa shape index (κ2) is 17.0. The van der Waals surface area contributed by atoms with Crippen molar-refractivity contribution in [2.75, 3.05) is 6.54 Å². The van der Waals surface area contributed by atoms with Gasteiger partial charge in [0, 0.05) is 19.6 Å². The number of guanidine groups is 1. The van der Waals surface area contributed by atoms with E-state index in [1.54, 1.807) is 0 Å². The van der Waals surface area contributed by atoms with E-state index in [0.717, 1.165) is 27.8 Å². The van der Waals surface area contributed by atoms with Crippen molar-refractivity contribution in [2.45, 2.75) is 44.8 Å². The Morgan fingerprint density at radius 2 is 1.22 bits per heavy atom. The lowest BCUT2D eigenvalue weighted by atomic mass is 9.90. The number of amides is 4. The van der Waals surface area contributed by atoms with Gasteiger partial charge in [-0.3, -0.25) is 19.9 Å². The molecule has 9 heteroatoms. The minimum Gasteiger partial charge on any atom is -0.370 e. The van der Waals surface area contributed by atoms with Crippen LogP contribution in [0.1, 0.15) is 46.6 Å². The Kier molecular flexibility index (Phi) is 12.3. The average Bonchev–Trinajstić information content (AvgIpc) is 3.06. The highest BCUT2D eigenvalue weighted by Crippen LogP contribution is 2.25. The van der Waals surface area contributed by atoms with Crippen LogP contribution in [0.2, 0.25) is 0 Å². The maximum absolute atomic E-state index is 13.8. The summed E-state index contributed by atoms with van der Waals surface area (Å²) >= 11 is 0. The van der Waals surface area contributed by atoms with Crippen LogP contribution in [0, 0.1) is 6.92 Å². The molecule has 0 heterocycles. The van der Waals surface area contributed by atoms with Gasteiger partial charge in [0.2, 0.25) is 11.8 Å². The van der Waals surface area contributed by atoms with Gasteiger partial charge >= 0.3 is 6.03 Å². The monoisotopic (exact) mass is 604 g/mol. The zero-order valence-electron chi connectivity index (χ0n) is 25.4. The van der Waals surface area contributed by atoms with Crippen LogP contribution in [0.5, 0.6) is 0 Å². The largest absolute Gasteiger partial charge is 0.370 e. The normalized spacial score (nSPS) is 11.8. The zero-order valence-corrected chi connectivity index (χ0v) is 25.4. The first-order valence-electron chi connectivity index (χ1n) is 15.0. The van der Waals surface area contributed by atoms with Gasteiger partial charge in [-0.15, -0.1) is 0 Å². The number of nitrogens with one attached hydrogen (secondary N) is 4. The molecule has 0 spiro atoms. The van der Waals surface area contributed by atoms with Gasteiger partial charge in [-0.25, -0.2) is 4.79 Å². The molecule has 0 saturated carbocycles. The van der Waals surface area contributed by atoms with Crippen molar-refractivity contribution >= 4 is 23.8 Å². The van der Waals surface area contributed by atoms with Crippen molar-refractivity contribution < 1.29 is 14.4 Å². The van der Waals surface area contributed by atoms with Crippen LogP contribution in [0.25, 0.3) is 0 Å². The molecule has 4 aromatic carbocycles. The van der Waals surface area contributed by atoms with E-state index in [1.165, 1.54) is 0 Å². The molecule has 4 amide bonds. The van der Waals surface area contributed by atoms with Crippen molar-refractivity contribution in [2.24, 2.45) is 10.7 Å². The lowest BCUT2D eigenvalue weighted by Crippen LogP contribution is -2.48. The van der Waals surface area contributed by atoms with Crippen molar-refractivity contribution in [3.05, 3.63) is 143 Å². The predicted molar refractivity (Wildman–Crippen MR) is 177 cm³/mol. The summed E-state index contributed by atoms with van der Waals surface area (Å²) in [6, 6.07) is 35.1. The number of carbonyl (C=O) groups excluding carboxylic acids is 3. The highest BCUT2D eigenvalue weighted by molar-refractivity contribution is 5.95. The van der Waals surface area contributed by atoms with Crippen LogP contribution in [-0.2, 0) is 22.7 Å². The number of rotatable bonds is 13. The summed E-state index contributed by atoms with van der Waals surface area (Å²) in [5.74, 6) is -1.19. The van der Waals surface area contributed by atoms with Gasteiger partial charge in [0.25, 0.3) is 0 Å². The van der Waals surface area contributed by atoms with Gasteiger partial charge in [-0.05, 0) is 42.0 Å². The second-order valence-corrected chi connectivity index (χ2v) is 10.7. The Morgan fingerprint density at radius 1 is 0.689 bits per heavy atom. The maximum atomic E-state index is 13.8. The molecule has 1 unspecified atom stereocenters. The van der Waals surface area contributed by atoms with Crippen LogP contribution < -0.4 is 27.0 Å². The molecule has 0 radical (unpaired) electrons. The molecule has 0 fully saturated rings. The fourth-order valence-corrected chi connectivity index (χ4v) is 4.80. The fourth-order valence-electron chi connectivity index (χ4n) is 4.80. The summed E-state index contributed by atoms with van der Waals surface area (Å²) in [6.07, 6.45) is 0.761. The summed E-state index contributed by atoms with van der Waals surface area (Å²) in [5.41, 5.74) is 10.6. The molecule has 4 aromatic rings. The second-order valence-electron chi connectivity index (χ2n) is 10.7. The number of aryl methyl sites for hydroxylation is 1. The van der Waals surface area contributed by atoms with Crippen LogP contribution in [0.3, 0.4) is 0 Å². The molecule has 0 saturated heterocycles. The summed E-state index contributed by atoms with van der Waals surface area (Å²) in [5, 5.41) is 11.2. The fraction of sp³-hybridized carbons (Fsp3) is 0.222. The number of hydrogen-bond acceptors (Lipinski definition) is 4. The minimum absolute atomic E-state index is 0.0295. The molecule has 0 bridgehead atoms. The van der Waals surface area contributed by atoms with E-state index in [2.05, 4.69) is 26.3 Å². The van der Waals surface area contributed by atoms with Gasteiger partial charge < -0.3 is 21.7 Å². The third-order valence-electron chi connectivity index (χ3n) is 7.22. The molecular weight excluding hydrogens is 564 g/mol. The van der Waals surface area contributed by atoms with Crippen LogP contribution in [-0.4, -0.2) is 36.4 Å². The Labute approximate surface area is 264 Å². The molecule has 0 aromatic heterocycles. The molecule has 0 aliphatic heterocycles. The number of benzene rings is 4. The van der Waals surface area contributed by atoms with Gasteiger partial charge in [-0.1, -0.05) is 121 Å². The topological polar surface area (TPSA) is 138 Å². The van der Waals surface area contributed by atoms with E-state index in [-0.39, 0.29) is 24.3 Å². The number of nitrogens with zero attached hydrogens (tertiary/aromatic N) is 1. The van der Waals surface area contributed by atoms with Gasteiger partial charge in [0.05, 0.1) is 5.92 Å². The number of nitrogens with two attached hydrogens (primary N) is 1. The summed E-state index contributed by atoms with van der Waals surface area (Å²) in [6.45, 7) is 2.94. The molecule has 232 valence electrons. The quantitative estimate of drug-likeness (QED) is 0.0870. The van der Waals surface area contributed by atoms with Crippen LogP contribution in [0.15, 0.2) is 120 Å². The van der Waals surface area contributed by atoms with Gasteiger partial charge in [0.1, 0.15) is 6.04 Å².